The molecule has 0 aromatic rings. The molecule has 22 heavy (non-hydrogen) atoms. The van der Waals surface area contributed by atoms with Crippen molar-refractivity contribution in [1.82, 2.24) is 10.2 Å². The van der Waals surface area contributed by atoms with Crippen LogP contribution in [0.3, 0.4) is 0 Å². The van der Waals surface area contributed by atoms with Gasteiger partial charge in [-0.2, -0.15) is 0 Å². The number of unbranched alkanes of at least 4 members (excludes halogenated alkanes) is 1. The lowest BCUT2D eigenvalue weighted by Gasteiger charge is -2.38. The number of carboxylic acid groups (broad SMARTS) is 1. The van der Waals surface area contributed by atoms with Crippen LogP contribution in [0.4, 0.5) is 4.79 Å². The summed E-state index contributed by atoms with van der Waals surface area (Å²) < 4.78 is 4.48. The maximum Gasteiger partial charge on any atom is 0.407 e. The van der Waals surface area contributed by atoms with Gasteiger partial charge in [0.1, 0.15) is 6.10 Å². The van der Waals surface area contributed by atoms with Crippen molar-refractivity contribution in [2.24, 2.45) is 0 Å². The molecule has 1 rings (SSSR count). The Kier molecular flexibility index (Phi) is 7.06. The molecule has 9 heteroatoms. The molecule has 9 nitrogen and oxygen atoms in total. The minimum Gasteiger partial charge on any atom is -0.469 e. The first-order valence-corrected chi connectivity index (χ1v) is 7.05. The molecule has 1 aliphatic heterocycles. The van der Waals surface area contributed by atoms with Gasteiger partial charge >= 0.3 is 12.1 Å². The van der Waals surface area contributed by atoms with Crippen molar-refractivity contribution in [1.29, 1.82) is 0 Å². The molecule has 0 saturated carbocycles. The highest BCUT2D eigenvalue weighted by Gasteiger charge is 2.37. The molecule has 1 saturated heterocycles. The van der Waals surface area contributed by atoms with Crippen LogP contribution in [0.15, 0.2) is 0 Å². The summed E-state index contributed by atoms with van der Waals surface area (Å²) in [6.07, 6.45) is -2.34. The molecule has 1 fully saturated rings. The van der Waals surface area contributed by atoms with Crippen LogP contribution in [0.2, 0.25) is 0 Å². The van der Waals surface area contributed by atoms with Crippen molar-refractivity contribution < 1.29 is 34.4 Å². The molecule has 0 bridgehead atoms. The van der Waals surface area contributed by atoms with Gasteiger partial charge in [0.2, 0.25) is 5.91 Å². The van der Waals surface area contributed by atoms with Gasteiger partial charge in [0.25, 0.3) is 0 Å². The number of hydrogen-bond donors (Lipinski definition) is 4. The Morgan fingerprint density at radius 2 is 1.82 bits per heavy atom. The quantitative estimate of drug-likeness (QED) is 0.361. The van der Waals surface area contributed by atoms with Crippen molar-refractivity contribution >= 4 is 18.0 Å². The Labute approximate surface area is 127 Å². The number of β-amino-alcohol motifs (C(OH)–C–C–N with tert-alkyl or cyclic N) is 1. The predicted octanol–water partition coefficient (Wildman–Crippen LogP) is -1.08. The maximum atomic E-state index is 11.8. The van der Waals surface area contributed by atoms with Crippen LogP contribution in [0, 0.1) is 0 Å². The first kappa shape index (κ1) is 18.2. The minimum atomic E-state index is -1.24. The standard InChI is InChI=1S/C13H22N2O7/c1-22-11(18)5-3-2-4-10(17)14-8-6-15(13(20)21)7-9(16)12(8)19/h8-9,12,16,19H,2-7H2,1H3,(H,14,17)(H,20,21)/t8?,9-,12?/m0/s1. The second kappa shape index (κ2) is 8.54. The van der Waals surface area contributed by atoms with Gasteiger partial charge in [-0.15, -0.1) is 0 Å². The number of nitrogens with one attached hydrogen (secondary N) is 1. The van der Waals surface area contributed by atoms with Gasteiger partial charge in [0.15, 0.2) is 0 Å². The summed E-state index contributed by atoms with van der Waals surface area (Å²) in [6.45, 7) is -0.274. The lowest BCUT2D eigenvalue weighted by atomic mass is 9.99. The number of hydrogen-bond acceptors (Lipinski definition) is 6. The third-order valence-electron chi connectivity index (χ3n) is 3.51. The highest BCUT2D eigenvalue weighted by Crippen LogP contribution is 2.13. The van der Waals surface area contributed by atoms with Crippen LogP contribution in [0.25, 0.3) is 0 Å². The Hall–Kier alpha value is -1.87. The number of esters is 1. The topological polar surface area (TPSA) is 136 Å². The van der Waals surface area contributed by atoms with E-state index in [1.165, 1.54) is 7.11 Å². The van der Waals surface area contributed by atoms with E-state index in [4.69, 9.17) is 5.11 Å². The fourth-order valence-electron chi connectivity index (χ4n) is 2.25. The molecule has 3 atom stereocenters. The number of amides is 2. The molecule has 1 aliphatic rings. The number of rotatable bonds is 6. The van der Waals surface area contributed by atoms with Gasteiger partial charge in [-0.3, -0.25) is 9.59 Å². The Balaban J connectivity index is 2.38. The van der Waals surface area contributed by atoms with Gasteiger partial charge in [-0.1, -0.05) is 0 Å². The summed E-state index contributed by atoms with van der Waals surface area (Å²) in [7, 11) is 1.29. The summed E-state index contributed by atoms with van der Waals surface area (Å²) >= 11 is 0. The number of aliphatic hydroxyl groups is 2. The average molecular weight is 318 g/mol. The summed E-state index contributed by atoms with van der Waals surface area (Å²) in [5, 5.41) is 30.9. The van der Waals surface area contributed by atoms with Crippen LogP contribution < -0.4 is 5.32 Å². The Morgan fingerprint density at radius 3 is 2.41 bits per heavy atom. The smallest absolute Gasteiger partial charge is 0.407 e. The van der Waals surface area contributed by atoms with E-state index in [0.29, 0.717) is 12.8 Å². The van der Waals surface area contributed by atoms with E-state index < -0.39 is 24.3 Å². The predicted molar refractivity (Wildman–Crippen MR) is 74.0 cm³/mol. The van der Waals surface area contributed by atoms with Crippen LogP contribution >= 0.6 is 0 Å². The largest absolute Gasteiger partial charge is 0.469 e. The van der Waals surface area contributed by atoms with Crippen LogP contribution in [0.5, 0.6) is 0 Å². The van der Waals surface area contributed by atoms with Crippen LogP contribution in [-0.2, 0) is 14.3 Å². The van der Waals surface area contributed by atoms with Gasteiger partial charge in [-0.05, 0) is 12.8 Å². The molecule has 0 aromatic carbocycles. The van der Waals surface area contributed by atoms with Gasteiger partial charge < -0.3 is 30.3 Å². The lowest BCUT2D eigenvalue weighted by Crippen LogP contribution is -2.62. The molecule has 2 amide bonds. The van der Waals surface area contributed by atoms with E-state index in [1.807, 2.05) is 0 Å². The molecule has 4 N–H and O–H groups in total. The highest BCUT2D eigenvalue weighted by atomic mass is 16.5. The molecule has 0 aromatic heterocycles. The first-order chi connectivity index (χ1) is 10.3. The number of carbonyl (C=O) groups excluding carboxylic acids is 2. The molecule has 0 radical (unpaired) electrons. The van der Waals surface area contributed by atoms with Crippen molar-refractivity contribution in [3.8, 4) is 0 Å². The summed E-state index contributed by atoms with van der Waals surface area (Å²) in [5.74, 6) is -0.711. The fraction of sp³-hybridized carbons (Fsp3) is 0.769. The zero-order valence-electron chi connectivity index (χ0n) is 12.4. The zero-order valence-corrected chi connectivity index (χ0v) is 12.4. The number of carbonyl (C=O) groups is 3. The third kappa shape index (κ3) is 5.49. The highest BCUT2D eigenvalue weighted by molar-refractivity contribution is 5.76. The number of ether oxygens (including phenoxy) is 1. The SMILES string of the molecule is COC(=O)CCCCC(=O)NC1CN(C(=O)O)C[C@H](O)C1O. The first-order valence-electron chi connectivity index (χ1n) is 7.05. The van der Waals surface area contributed by atoms with Crippen molar-refractivity contribution in [3.05, 3.63) is 0 Å². The molecule has 0 spiro atoms. The molecule has 126 valence electrons. The van der Waals surface area contributed by atoms with Gasteiger partial charge in [-0.25, -0.2) is 4.79 Å². The van der Waals surface area contributed by atoms with E-state index in [9.17, 15) is 24.6 Å². The van der Waals surface area contributed by atoms with E-state index in [1.54, 1.807) is 0 Å². The Bertz CT molecular complexity index is 415. The monoisotopic (exact) mass is 318 g/mol. The fourth-order valence-corrected chi connectivity index (χ4v) is 2.25. The molecular formula is C13H22N2O7. The number of aliphatic hydroxyl groups excluding tert-OH is 2. The minimum absolute atomic E-state index is 0.0819. The maximum absolute atomic E-state index is 11.8. The summed E-state index contributed by atoms with van der Waals surface area (Å²) in [5.41, 5.74) is 0. The van der Waals surface area contributed by atoms with Crippen LogP contribution in [-0.4, -0.2) is 76.6 Å². The van der Waals surface area contributed by atoms with Gasteiger partial charge in [0, 0.05) is 19.4 Å². The van der Waals surface area contributed by atoms with Crippen molar-refractivity contribution in [2.75, 3.05) is 20.2 Å². The molecule has 0 aliphatic carbocycles. The average Bonchev–Trinajstić information content (AvgIpc) is 2.47. The summed E-state index contributed by atoms with van der Waals surface area (Å²) in [4.78, 5) is 34.5. The van der Waals surface area contributed by atoms with E-state index in [0.717, 1.165) is 4.90 Å². The van der Waals surface area contributed by atoms with Crippen molar-refractivity contribution in [3.63, 3.8) is 0 Å². The Morgan fingerprint density at radius 1 is 1.18 bits per heavy atom. The lowest BCUT2D eigenvalue weighted by molar-refractivity contribution is -0.140. The number of piperidine rings is 1. The number of nitrogens with zero attached hydrogens (tertiary/aromatic N) is 1. The zero-order chi connectivity index (χ0) is 16.7. The second-order valence-electron chi connectivity index (χ2n) is 5.20. The summed E-state index contributed by atoms with van der Waals surface area (Å²) in [6, 6.07) is -0.854. The van der Waals surface area contributed by atoms with E-state index in [-0.39, 0.29) is 37.8 Å². The normalized spacial score (nSPS) is 24.7. The van der Waals surface area contributed by atoms with Gasteiger partial charge in [0.05, 0.1) is 25.8 Å². The van der Waals surface area contributed by atoms with Crippen molar-refractivity contribution in [2.45, 2.75) is 43.9 Å². The number of likely N-dealkylation sites (tertiary alicyclic amines) is 1. The van der Waals surface area contributed by atoms with Crippen LogP contribution in [0.1, 0.15) is 25.7 Å². The molecular weight excluding hydrogens is 296 g/mol. The molecule has 1 heterocycles. The number of methoxy groups -OCH3 is 1. The third-order valence-corrected chi connectivity index (χ3v) is 3.51. The second-order valence-corrected chi connectivity index (χ2v) is 5.20. The van der Waals surface area contributed by atoms with E-state index >= 15 is 0 Å². The molecule has 2 unspecified atom stereocenters. The van der Waals surface area contributed by atoms with E-state index in [2.05, 4.69) is 10.1 Å².